The number of halogens is 1. The molecular formula is C18H15FN4O. The maximum Gasteiger partial charge on any atom is 0.138 e. The first-order valence-corrected chi connectivity index (χ1v) is 7.28. The number of para-hydroxylation sites is 1. The Kier molecular flexibility index (Phi) is 4.47. The van der Waals surface area contributed by atoms with E-state index in [1.54, 1.807) is 25.2 Å². The zero-order chi connectivity index (χ0) is 16.9. The molecule has 0 bridgehead atoms. The lowest BCUT2D eigenvalue weighted by atomic mass is 10.0. The fourth-order valence-electron chi connectivity index (χ4n) is 2.24. The molecule has 0 radical (unpaired) electrons. The molecule has 0 saturated heterocycles. The summed E-state index contributed by atoms with van der Waals surface area (Å²) in [7, 11) is 1.69. The third-order valence-electron chi connectivity index (χ3n) is 3.41. The van der Waals surface area contributed by atoms with E-state index < -0.39 is 5.82 Å². The number of nitrogens with one attached hydrogen (secondary N) is 2. The zero-order valence-electron chi connectivity index (χ0n) is 13.0. The number of nitrogens with zero attached hydrogens (tertiary/aromatic N) is 2. The molecule has 0 fully saturated rings. The fraction of sp³-hybridized carbons (Fsp3) is 0.0556. The van der Waals surface area contributed by atoms with Crippen molar-refractivity contribution in [2.45, 2.75) is 0 Å². The second-order valence-electron chi connectivity index (χ2n) is 4.97. The maximum absolute atomic E-state index is 14.4. The summed E-state index contributed by atoms with van der Waals surface area (Å²) in [5.41, 5.74) is 0.584. The van der Waals surface area contributed by atoms with Gasteiger partial charge in [0, 0.05) is 24.9 Å². The summed E-state index contributed by atoms with van der Waals surface area (Å²) in [6, 6.07) is 13.5. The van der Waals surface area contributed by atoms with Gasteiger partial charge in [0.15, 0.2) is 0 Å². The largest absolute Gasteiger partial charge is 0.457 e. The first-order chi connectivity index (χ1) is 11.7. The number of rotatable bonds is 5. The van der Waals surface area contributed by atoms with Crippen molar-refractivity contribution in [3.63, 3.8) is 0 Å². The number of hydrogen-bond donors (Lipinski definition) is 2. The van der Waals surface area contributed by atoms with Crippen molar-refractivity contribution in [3.05, 3.63) is 78.0 Å². The molecule has 5 nitrogen and oxygen atoms in total. The van der Waals surface area contributed by atoms with Crippen molar-refractivity contribution >= 4 is 11.5 Å². The van der Waals surface area contributed by atoms with Gasteiger partial charge in [-0.1, -0.05) is 18.2 Å². The number of aromatic nitrogens is 2. The SMILES string of the molecule is CNc1ncncc1C(=N)c1ccc(Oc2ccccc2)cc1F. The molecule has 0 aliphatic rings. The van der Waals surface area contributed by atoms with E-state index in [1.165, 1.54) is 24.7 Å². The van der Waals surface area contributed by atoms with E-state index in [2.05, 4.69) is 15.3 Å². The quantitative estimate of drug-likeness (QED) is 0.700. The molecule has 0 aliphatic carbocycles. The highest BCUT2D eigenvalue weighted by molar-refractivity contribution is 6.13. The van der Waals surface area contributed by atoms with Gasteiger partial charge in [0.25, 0.3) is 0 Å². The van der Waals surface area contributed by atoms with Gasteiger partial charge in [-0.15, -0.1) is 0 Å². The average Bonchev–Trinajstić information content (AvgIpc) is 2.62. The molecule has 1 heterocycles. The molecule has 2 N–H and O–H groups in total. The van der Waals surface area contributed by atoms with Crippen LogP contribution in [0.5, 0.6) is 11.5 Å². The maximum atomic E-state index is 14.4. The summed E-state index contributed by atoms with van der Waals surface area (Å²) >= 11 is 0. The molecule has 1 aromatic heterocycles. The molecule has 0 aliphatic heterocycles. The van der Waals surface area contributed by atoms with Crippen LogP contribution in [0.2, 0.25) is 0 Å². The molecule has 3 aromatic rings. The van der Waals surface area contributed by atoms with Crippen LogP contribution >= 0.6 is 0 Å². The minimum Gasteiger partial charge on any atom is -0.457 e. The summed E-state index contributed by atoms with van der Waals surface area (Å²) in [4.78, 5) is 7.94. The summed E-state index contributed by atoms with van der Waals surface area (Å²) < 4.78 is 20.0. The minimum absolute atomic E-state index is 0.00344. The fourth-order valence-corrected chi connectivity index (χ4v) is 2.24. The molecule has 3 rings (SSSR count). The Bertz CT molecular complexity index is 868. The van der Waals surface area contributed by atoms with E-state index in [-0.39, 0.29) is 11.3 Å². The van der Waals surface area contributed by atoms with Gasteiger partial charge < -0.3 is 10.1 Å². The van der Waals surface area contributed by atoms with Crippen LogP contribution in [0.15, 0.2) is 61.1 Å². The summed E-state index contributed by atoms with van der Waals surface area (Å²) in [5.74, 6) is 0.917. The van der Waals surface area contributed by atoms with Gasteiger partial charge in [-0.05, 0) is 24.3 Å². The molecule has 0 saturated carbocycles. The van der Waals surface area contributed by atoms with Crippen LogP contribution < -0.4 is 10.1 Å². The molecule has 24 heavy (non-hydrogen) atoms. The van der Waals surface area contributed by atoms with Crippen LogP contribution in [0.25, 0.3) is 0 Å². The van der Waals surface area contributed by atoms with E-state index in [4.69, 9.17) is 10.1 Å². The molecule has 0 amide bonds. The molecule has 120 valence electrons. The number of benzene rings is 2. The Morgan fingerprint density at radius 1 is 1.08 bits per heavy atom. The van der Waals surface area contributed by atoms with Crippen LogP contribution in [-0.4, -0.2) is 22.7 Å². The molecule has 2 aromatic carbocycles. The van der Waals surface area contributed by atoms with E-state index in [0.717, 1.165) is 0 Å². The standard InChI is InChI=1S/C18H15FN4O/c1-21-18-15(10-22-11-23-18)17(20)14-8-7-13(9-16(14)19)24-12-5-3-2-4-6-12/h2-11,20H,1H3,(H,21,22,23). The normalized spacial score (nSPS) is 10.2. The first-order valence-electron chi connectivity index (χ1n) is 7.28. The highest BCUT2D eigenvalue weighted by Gasteiger charge is 2.15. The molecule has 6 heteroatoms. The first kappa shape index (κ1) is 15.6. The van der Waals surface area contributed by atoms with Gasteiger partial charge >= 0.3 is 0 Å². The minimum atomic E-state index is -0.542. The predicted molar refractivity (Wildman–Crippen MR) is 90.4 cm³/mol. The molecule has 0 spiro atoms. The summed E-state index contributed by atoms with van der Waals surface area (Å²) in [5, 5.41) is 11.1. The second-order valence-corrected chi connectivity index (χ2v) is 4.97. The third kappa shape index (κ3) is 3.22. The van der Waals surface area contributed by atoms with Gasteiger partial charge in [-0.3, -0.25) is 5.41 Å². The Balaban J connectivity index is 1.88. The highest BCUT2D eigenvalue weighted by Crippen LogP contribution is 2.25. The molecular weight excluding hydrogens is 307 g/mol. The van der Waals surface area contributed by atoms with Gasteiger partial charge in [-0.2, -0.15) is 0 Å². The highest BCUT2D eigenvalue weighted by atomic mass is 19.1. The van der Waals surface area contributed by atoms with Crippen LogP contribution in [0.1, 0.15) is 11.1 Å². The van der Waals surface area contributed by atoms with E-state index in [0.29, 0.717) is 22.9 Å². The van der Waals surface area contributed by atoms with Crippen molar-refractivity contribution in [2.75, 3.05) is 12.4 Å². The summed E-state index contributed by atoms with van der Waals surface area (Å²) in [6.07, 6.45) is 2.85. The smallest absolute Gasteiger partial charge is 0.138 e. The van der Waals surface area contributed by atoms with Crippen molar-refractivity contribution in [2.24, 2.45) is 0 Å². The number of hydrogen-bond acceptors (Lipinski definition) is 5. The van der Waals surface area contributed by atoms with Gasteiger partial charge in [0.1, 0.15) is 29.5 Å². The Morgan fingerprint density at radius 2 is 1.88 bits per heavy atom. The van der Waals surface area contributed by atoms with E-state index in [1.807, 2.05) is 18.2 Å². The Hall–Kier alpha value is -3.28. The van der Waals surface area contributed by atoms with E-state index in [9.17, 15) is 4.39 Å². The topological polar surface area (TPSA) is 70.9 Å². The van der Waals surface area contributed by atoms with Crippen molar-refractivity contribution in [1.29, 1.82) is 5.41 Å². The number of ether oxygens (including phenoxy) is 1. The lowest BCUT2D eigenvalue weighted by molar-refractivity contribution is 0.476. The van der Waals surface area contributed by atoms with Crippen molar-refractivity contribution < 1.29 is 9.13 Å². The molecule has 0 atom stereocenters. The zero-order valence-corrected chi connectivity index (χ0v) is 13.0. The van der Waals surface area contributed by atoms with Gasteiger partial charge in [0.2, 0.25) is 0 Å². The van der Waals surface area contributed by atoms with Crippen LogP contribution in [-0.2, 0) is 0 Å². The lowest BCUT2D eigenvalue weighted by Gasteiger charge is -2.11. The second kappa shape index (κ2) is 6.87. The average molecular weight is 322 g/mol. The third-order valence-corrected chi connectivity index (χ3v) is 3.41. The Labute approximate surface area is 138 Å². The molecule has 0 unspecified atom stereocenters. The Morgan fingerprint density at radius 3 is 2.58 bits per heavy atom. The van der Waals surface area contributed by atoms with Crippen LogP contribution in [0.3, 0.4) is 0 Å². The van der Waals surface area contributed by atoms with Gasteiger partial charge in [-0.25, -0.2) is 14.4 Å². The lowest BCUT2D eigenvalue weighted by Crippen LogP contribution is -2.09. The van der Waals surface area contributed by atoms with Crippen molar-refractivity contribution in [3.8, 4) is 11.5 Å². The summed E-state index contributed by atoms with van der Waals surface area (Å²) in [6.45, 7) is 0. The predicted octanol–water partition coefficient (Wildman–Crippen LogP) is 3.87. The van der Waals surface area contributed by atoms with E-state index >= 15 is 0 Å². The van der Waals surface area contributed by atoms with Crippen molar-refractivity contribution in [1.82, 2.24) is 9.97 Å². The van der Waals surface area contributed by atoms with Crippen LogP contribution in [0, 0.1) is 11.2 Å². The van der Waals surface area contributed by atoms with Crippen LogP contribution in [0.4, 0.5) is 10.2 Å². The van der Waals surface area contributed by atoms with Gasteiger partial charge in [0.05, 0.1) is 11.3 Å². The monoisotopic (exact) mass is 322 g/mol. The number of anilines is 1.